The molecule has 0 aliphatic carbocycles. The van der Waals surface area contributed by atoms with E-state index in [9.17, 15) is 4.79 Å². The summed E-state index contributed by atoms with van der Waals surface area (Å²) in [6, 6.07) is 0.236. The second kappa shape index (κ2) is 5.40. The first kappa shape index (κ1) is 14.5. The van der Waals surface area contributed by atoms with Gasteiger partial charge in [-0.05, 0) is 31.2 Å². The highest BCUT2D eigenvalue weighted by Gasteiger charge is 2.47. The topological polar surface area (TPSA) is 62.5 Å². The van der Waals surface area contributed by atoms with E-state index < -0.39 is 0 Å². The van der Waals surface area contributed by atoms with E-state index in [1.165, 1.54) is 0 Å². The molecule has 0 N–H and O–H groups in total. The van der Waals surface area contributed by atoms with Crippen molar-refractivity contribution in [2.75, 3.05) is 26.2 Å². The van der Waals surface area contributed by atoms with Crippen LogP contribution in [0.1, 0.15) is 50.9 Å². The van der Waals surface area contributed by atoms with E-state index >= 15 is 0 Å². The number of carbonyl (C=O) groups is 1. The van der Waals surface area contributed by atoms with Crippen LogP contribution in [0, 0.1) is 12.3 Å². The number of hydrogen-bond donors (Lipinski definition) is 0. The van der Waals surface area contributed by atoms with Crippen LogP contribution >= 0.6 is 0 Å². The third kappa shape index (κ3) is 2.69. The quantitative estimate of drug-likeness (QED) is 0.831. The Morgan fingerprint density at radius 2 is 2.10 bits per heavy atom. The van der Waals surface area contributed by atoms with E-state index in [1.807, 2.05) is 11.8 Å². The van der Waals surface area contributed by atoms with Crippen LogP contribution in [0.25, 0.3) is 0 Å². The summed E-state index contributed by atoms with van der Waals surface area (Å²) < 4.78 is 5.66. The molecule has 2 fully saturated rings. The third-order valence-corrected chi connectivity index (χ3v) is 5.11. The minimum Gasteiger partial charge on any atom is -0.424 e. The minimum absolute atomic E-state index is 0.194. The Kier molecular flexibility index (Phi) is 3.73. The van der Waals surface area contributed by atoms with Gasteiger partial charge in [-0.2, -0.15) is 0 Å². The maximum Gasteiger partial charge on any atom is 0.233 e. The van der Waals surface area contributed by atoms with Crippen molar-refractivity contribution in [1.29, 1.82) is 0 Å². The number of aryl methyl sites for hydroxylation is 1. The van der Waals surface area contributed by atoms with Crippen LogP contribution in [0.3, 0.4) is 0 Å². The predicted molar refractivity (Wildman–Crippen MR) is 77.6 cm³/mol. The van der Waals surface area contributed by atoms with Crippen molar-refractivity contribution in [3.8, 4) is 0 Å². The first-order valence-corrected chi connectivity index (χ1v) is 7.82. The summed E-state index contributed by atoms with van der Waals surface area (Å²) in [7, 11) is 0. The molecule has 1 unspecified atom stereocenters. The maximum absolute atomic E-state index is 11.5. The van der Waals surface area contributed by atoms with Gasteiger partial charge >= 0.3 is 0 Å². The van der Waals surface area contributed by atoms with Gasteiger partial charge in [0.25, 0.3) is 0 Å². The molecule has 6 nitrogen and oxygen atoms in total. The lowest BCUT2D eigenvalue weighted by molar-refractivity contribution is -0.131. The zero-order valence-corrected chi connectivity index (χ0v) is 13.1. The third-order valence-electron chi connectivity index (χ3n) is 5.11. The van der Waals surface area contributed by atoms with Crippen LogP contribution < -0.4 is 0 Å². The van der Waals surface area contributed by atoms with Gasteiger partial charge in [-0.15, -0.1) is 10.2 Å². The summed E-state index contributed by atoms with van der Waals surface area (Å²) in [6.45, 7) is 9.49. The van der Waals surface area contributed by atoms with E-state index in [1.54, 1.807) is 6.92 Å². The van der Waals surface area contributed by atoms with Crippen molar-refractivity contribution >= 4 is 5.91 Å². The summed E-state index contributed by atoms with van der Waals surface area (Å²) in [5, 5.41) is 8.20. The van der Waals surface area contributed by atoms with Gasteiger partial charge in [-0.3, -0.25) is 9.69 Å². The Balaban J connectivity index is 1.74. The lowest BCUT2D eigenvalue weighted by Gasteiger charge is -2.39. The summed E-state index contributed by atoms with van der Waals surface area (Å²) >= 11 is 0. The zero-order chi connectivity index (χ0) is 15.0. The van der Waals surface area contributed by atoms with Gasteiger partial charge in [0.05, 0.1) is 6.04 Å². The van der Waals surface area contributed by atoms with Crippen molar-refractivity contribution < 1.29 is 9.21 Å². The van der Waals surface area contributed by atoms with Crippen molar-refractivity contribution in [1.82, 2.24) is 20.0 Å². The monoisotopic (exact) mass is 292 g/mol. The molecule has 3 heterocycles. The SMILES string of the molecule is CCN1CC2(CCN(C(C)=O)CC2)CC1c1nnc(C)o1. The summed E-state index contributed by atoms with van der Waals surface area (Å²) in [6.07, 6.45) is 3.22. The first-order chi connectivity index (χ1) is 10.0. The van der Waals surface area contributed by atoms with E-state index in [0.717, 1.165) is 51.3 Å². The standard InChI is InChI=1S/C15H24N4O2/c1-4-18-10-15(5-7-19(8-6-15)12(3)20)9-13(18)14-17-16-11(2)21-14/h13H,4-10H2,1-3H3. The smallest absolute Gasteiger partial charge is 0.233 e. The molecule has 0 saturated carbocycles. The van der Waals surface area contributed by atoms with Gasteiger partial charge in [-0.25, -0.2) is 0 Å². The van der Waals surface area contributed by atoms with Gasteiger partial charge in [0.1, 0.15) is 0 Å². The van der Waals surface area contributed by atoms with Crippen molar-refractivity contribution in [2.45, 2.75) is 46.1 Å². The molecule has 3 rings (SSSR count). The molecule has 1 spiro atoms. The van der Waals surface area contributed by atoms with Gasteiger partial charge in [0, 0.05) is 33.5 Å². The van der Waals surface area contributed by atoms with Gasteiger partial charge in [0.2, 0.25) is 17.7 Å². The zero-order valence-electron chi connectivity index (χ0n) is 13.1. The lowest BCUT2D eigenvalue weighted by atomic mass is 9.76. The Hall–Kier alpha value is -1.43. The van der Waals surface area contributed by atoms with Crippen LogP contribution in [0.2, 0.25) is 0 Å². The summed E-state index contributed by atoms with van der Waals surface area (Å²) in [5.74, 6) is 1.58. The van der Waals surface area contributed by atoms with Gasteiger partial charge in [0.15, 0.2) is 0 Å². The molecule has 0 aromatic carbocycles. The average molecular weight is 292 g/mol. The highest BCUT2D eigenvalue weighted by Crippen LogP contribution is 2.48. The van der Waals surface area contributed by atoms with Crippen LogP contribution in [-0.2, 0) is 4.79 Å². The first-order valence-electron chi connectivity index (χ1n) is 7.82. The number of amides is 1. The van der Waals surface area contributed by atoms with Gasteiger partial charge < -0.3 is 9.32 Å². The molecule has 0 radical (unpaired) electrons. The van der Waals surface area contributed by atoms with Crippen LogP contribution in [0.15, 0.2) is 4.42 Å². The molecule has 2 aliphatic heterocycles. The number of piperidine rings is 1. The Morgan fingerprint density at radius 3 is 2.62 bits per heavy atom. The van der Waals surface area contributed by atoms with Crippen molar-refractivity contribution in [3.63, 3.8) is 0 Å². The molecular formula is C15H24N4O2. The van der Waals surface area contributed by atoms with E-state index in [-0.39, 0.29) is 11.9 Å². The van der Waals surface area contributed by atoms with Gasteiger partial charge in [-0.1, -0.05) is 6.92 Å². The summed E-state index contributed by atoms with van der Waals surface area (Å²) in [5.41, 5.74) is 0.301. The second-order valence-corrected chi connectivity index (χ2v) is 6.45. The van der Waals surface area contributed by atoms with E-state index in [0.29, 0.717) is 11.3 Å². The molecule has 1 atom stereocenters. The highest BCUT2D eigenvalue weighted by atomic mass is 16.4. The molecule has 6 heteroatoms. The number of aromatic nitrogens is 2. The largest absolute Gasteiger partial charge is 0.424 e. The predicted octanol–water partition coefficient (Wildman–Crippen LogP) is 1.77. The van der Waals surface area contributed by atoms with Crippen molar-refractivity contribution in [3.05, 3.63) is 11.8 Å². The highest BCUT2D eigenvalue weighted by molar-refractivity contribution is 5.73. The van der Waals surface area contributed by atoms with Crippen LogP contribution in [-0.4, -0.2) is 52.1 Å². The fourth-order valence-corrected chi connectivity index (χ4v) is 3.83. The number of carbonyl (C=O) groups excluding carboxylic acids is 1. The second-order valence-electron chi connectivity index (χ2n) is 6.45. The molecule has 2 saturated heterocycles. The lowest BCUT2D eigenvalue weighted by Crippen LogP contribution is -2.43. The number of hydrogen-bond acceptors (Lipinski definition) is 5. The maximum atomic E-state index is 11.5. The fourth-order valence-electron chi connectivity index (χ4n) is 3.83. The molecule has 0 bridgehead atoms. The molecule has 116 valence electrons. The molecule has 1 amide bonds. The van der Waals surface area contributed by atoms with Crippen LogP contribution in [0.5, 0.6) is 0 Å². The minimum atomic E-state index is 0.194. The number of nitrogens with zero attached hydrogens (tertiary/aromatic N) is 4. The molecule has 1 aromatic heterocycles. The number of likely N-dealkylation sites (tertiary alicyclic amines) is 2. The Bertz CT molecular complexity index is 519. The van der Waals surface area contributed by atoms with E-state index in [4.69, 9.17) is 4.42 Å². The van der Waals surface area contributed by atoms with Crippen LogP contribution in [0.4, 0.5) is 0 Å². The molecular weight excluding hydrogens is 268 g/mol. The molecule has 1 aromatic rings. The average Bonchev–Trinajstić information content (AvgIpc) is 3.03. The summed E-state index contributed by atoms with van der Waals surface area (Å²) in [4.78, 5) is 15.9. The number of rotatable bonds is 2. The Labute approximate surface area is 125 Å². The van der Waals surface area contributed by atoms with E-state index in [2.05, 4.69) is 22.0 Å². The molecule has 2 aliphatic rings. The normalized spacial score (nSPS) is 25.7. The van der Waals surface area contributed by atoms with Crippen molar-refractivity contribution in [2.24, 2.45) is 5.41 Å². The fraction of sp³-hybridized carbons (Fsp3) is 0.800. The Morgan fingerprint density at radius 1 is 1.38 bits per heavy atom. The molecule has 21 heavy (non-hydrogen) atoms.